The Morgan fingerprint density at radius 1 is 1.17 bits per heavy atom. The van der Waals surface area contributed by atoms with Gasteiger partial charge < -0.3 is 10.6 Å². The highest BCUT2D eigenvalue weighted by Crippen LogP contribution is 2.25. The number of anilines is 1. The Balaban J connectivity index is 1.95. The Kier molecular flexibility index (Phi) is 4.25. The molecule has 0 aliphatic carbocycles. The van der Waals surface area contributed by atoms with E-state index in [9.17, 15) is 0 Å². The molecule has 1 unspecified atom stereocenters. The molecule has 3 heteroatoms. The summed E-state index contributed by atoms with van der Waals surface area (Å²) in [6, 6.07) is 9.54. The summed E-state index contributed by atoms with van der Waals surface area (Å²) >= 11 is 0. The number of hydrogen-bond acceptors (Lipinski definition) is 3. The molecule has 1 fully saturated rings. The van der Waals surface area contributed by atoms with Crippen LogP contribution in [0.25, 0.3) is 0 Å². The molecule has 3 nitrogen and oxygen atoms in total. The van der Waals surface area contributed by atoms with Crippen molar-refractivity contribution < 1.29 is 0 Å². The molecule has 100 valence electrons. The lowest BCUT2D eigenvalue weighted by atomic mass is 9.99. The minimum atomic E-state index is 0.494. The Morgan fingerprint density at radius 2 is 1.72 bits per heavy atom. The van der Waals surface area contributed by atoms with Crippen molar-refractivity contribution in [3.63, 3.8) is 0 Å². The summed E-state index contributed by atoms with van der Waals surface area (Å²) in [6.45, 7) is 4.67. The van der Waals surface area contributed by atoms with Crippen LogP contribution in [0, 0.1) is 0 Å². The first kappa shape index (κ1) is 13.4. The molecule has 1 atom stereocenters. The molecule has 1 aromatic rings. The van der Waals surface area contributed by atoms with Crippen LogP contribution >= 0.6 is 0 Å². The number of nitrogen functional groups attached to an aromatic ring is 1. The summed E-state index contributed by atoms with van der Waals surface area (Å²) in [5.74, 6) is 0. The van der Waals surface area contributed by atoms with Gasteiger partial charge in [0.15, 0.2) is 0 Å². The number of nitrogens with two attached hydrogens (primary N) is 1. The summed E-state index contributed by atoms with van der Waals surface area (Å²) in [5.41, 5.74) is 7.95. The predicted octanol–water partition coefficient (Wildman–Crippen LogP) is 2.36. The lowest BCUT2D eigenvalue weighted by Gasteiger charge is -2.38. The maximum atomic E-state index is 5.74. The molecule has 0 radical (unpaired) electrons. The average molecular weight is 247 g/mol. The molecule has 2 N–H and O–H groups in total. The van der Waals surface area contributed by atoms with Crippen molar-refractivity contribution in [3.8, 4) is 0 Å². The van der Waals surface area contributed by atoms with Crippen molar-refractivity contribution in [2.24, 2.45) is 0 Å². The van der Waals surface area contributed by atoms with Gasteiger partial charge in [-0.15, -0.1) is 0 Å². The molecule has 0 saturated carbocycles. The van der Waals surface area contributed by atoms with E-state index in [1.807, 2.05) is 12.1 Å². The quantitative estimate of drug-likeness (QED) is 0.832. The van der Waals surface area contributed by atoms with Crippen LogP contribution in [-0.2, 0) is 0 Å². The third-order valence-electron chi connectivity index (χ3n) is 4.20. The van der Waals surface area contributed by atoms with Gasteiger partial charge in [-0.05, 0) is 51.6 Å². The highest BCUT2D eigenvalue weighted by atomic mass is 15.2. The van der Waals surface area contributed by atoms with Crippen molar-refractivity contribution in [1.82, 2.24) is 9.80 Å². The molecule has 1 aliphatic rings. The second-order valence-corrected chi connectivity index (χ2v) is 5.57. The Morgan fingerprint density at radius 3 is 2.22 bits per heavy atom. The van der Waals surface area contributed by atoms with Crippen molar-refractivity contribution in [1.29, 1.82) is 0 Å². The lowest BCUT2D eigenvalue weighted by molar-refractivity contribution is 0.115. The Labute approximate surface area is 111 Å². The molecule has 0 spiro atoms. The monoisotopic (exact) mass is 247 g/mol. The largest absolute Gasteiger partial charge is 0.399 e. The summed E-state index contributed by atoms with van der Waals surface area (Å²) < 4.78 is 0. The van der Waals surface area contributed by atoms with Crippen LogP contribution in [0.2, 0.25) is 0 Å². The first-order valence-corrected chi connectivity index (χ1v) is 6.84. The van der Waals surface area contributed by atoms with E-state index in [4.69, 9.17) is 5.73 Å². The molecule has 1 aliphatic heterocycles. The summed E-state index contributed by atoms with van der Waals surface area (Å²) in [6.07, 6.45) is 2.54. The minimum absolute atomic E-state index is 0.494. The third kappa shape index (κ3) is 3.03. The molecular weight excluding hydrogens is 222 g/mol. The summed E-state index contributed by atoms with van der Waals surface area (Å²) in [5, 5.41) is 0. The second-order valence-electron chi connectivity index (χ2n) is 5.57. The van der Waals surface area contributed by atoms with E-state index in [2.05, 4.69) is 43.0 Å². The van der Waals surface area contributed by atoms with Crippen LogP contribution in [0.5, 0.6) is 0 Å². The topological polar surface area (TPSA) is 32.5 Å². The predicted molar refractivity (Wildman–Crippen MR) is 77.6 cm³/mol. The number of nitrogens with zero attached hydrogens (tertiary/aromatic N) is 2. The van der Waals surface area contributed by atoms with Gasteiger partial charge in [0.1, 0.15) is 0 Å². The van der Waals surface area contributed by atoms with Gasteiger partial charge in [-0.3, -0.25) is 4.90 Å². The van der Waals surface area contributed by atoms with Crippen LogP contribution in [0.4, 0.5) is 5.69 Å². The zero-order valence-electron chi connectivity index (χ0n) is 11.8. The van der Waals surface area contributed by atoms with Gasteiger partial charge >= 0.3 is 0 Å². The van der Waals surface area contributed by atoms with Gasteiger partial charge in [0.2, 0.25) is 0 Å². The van der Waals surface area contributed by atoms with Gasteiger partial charge in [-0.1, -0.05) is 12.1 Å². The fourth-order valence-corrected chi connectivity index (χ4v) is 2.77. The fraction of sp³-hybridized carbons (Fsp3) is 0.600. The average Bonchev–Trinajstić information content (AvgIpc) is 2.39. The molecular formula is C15H25N3. The SMILES string of the molecule is CC(c1ccc(N)cc1)N1CCC(N(C)C)CC1. The van der Waals surface area contributed by atoms with Gasteiger partial charge in [0.25, 0.3) is 0 Å². The van der Waals surface area contributed by atoms with Gasteiger partial charge in [0.05, 0.1) is 0 Å². The van der Waals surface area contributed by atoms with Gasteiger partial charge in [0, 0.05) is 30.9 Å². The van der Waals surface area contributed by atoms with E-state index in [1.54, 1.807) is 0 Å². The van der Waals surface area contributed by atoms with Crippen molar-refractivity contribution >= 4 is 5.69 Å². The van der Waals surface area contributed by atoms with Gasteiger partial charge in [-0.2, -0.15) is 0 Å². The summed E-state index contributed by atoms with van der Waals surface area (Å²) in [7, 11) is 4.37. The molecule has 18 heavy (non-hydrogen) atoms. The fourth-order valence-electron chi connectivity index (χ4n) is 2.77. The highest BCUT2D eigenvalue weighted by Gasteiger charge is 2.24. The molecule has 0 aromatic heterocycles. The molecule has 0 bridgehead atoms. The number of hydrogen-bond donors (Lipinski definition) is 1. The van der Waals surface area contributed by atoms with E-state index in [0.29, 0.717) is 6.04 Å². The van der Waals surface area contributed by atoms with Crippen LogP contribution in [-0.4, -0.2) is 43.0 Å². The summed E-state index contributed by atoms with van der Waals surface area (Å²) in [4.78, 5) is 4.93. The van der Waals surface area contributed by atoms with E-state index in [1.165, 1.54) is 31.5 Å². The number of likely N-dealkylation sites (tertiary alicyclic amines) is 1. The van der Waals surface area contributed by atoms with E-state index in [-0.39, 0.29) is 0 Å². The molecule has 1 aromatic carbocycles. The van der Waals surface area contributed by atoms with Crippen LogP contribution in [0.15, 0.2) is 24.3 Å². The first-order chi connectivity index (χ1) is 8.58. The minimum Gasteiger partial charge on any atom is -0.399 e. The second kappa shape index (κ2) is 5.72. The third-order valence-corrected chi connectivity index (χ3v) is 4.20. The van der Waals surface area contributed by atoms with Gasteiger partial charge in [-0.25, -0.2) is 0 Å². The van der Waals surface area contributed by atoms with E-state index >= 15 is 0 Å². The highest BCUT2D eigenvalue weighted by molar-refractivity contribution is 5.40. The first-order valence-electron chi connectivity index (χ1n) is 6.84. The number of benzene rings is 1. The zero-order valence-corrected chi connectivity index (χ0v) is 11.8. The molecule has 1 heterocycles. The Hall–Kier alpha value is -1.06. The molecule has 1 saturated heterocycles. The Bertz CT molecular complexity index is 364. The number of rotatable bonds is 3. The van der Waals surface area contributed by atoms with Crippen LogP contribution in [0.1, 0.15) is 31.4 Å². The van der Waals surface area contributed by atoms with E-state index in [0.717, 1.165) is 11.7 Å². The van der Waals surface area contributed by atoms with Crippen molar-refractivity contribution in [2.75, 3.05) is 32.9 Å². The van der Waals surface area contributed by atoms with Crippen LogP contribution < -0.4 is 5.73 Å². The van der Waals surface area contributed by atoms with E-state index < -0.39 is 0 Å². The van der Waals surface area contributed by atoms with Crippen molar-refractivity contribution in [2.45, 2.75) is 31.8 Å². The maximum Gasteiger partial charge on any atom is 0.0319 e. The molecule has 2 rings (SSSR count). The zero-order chi connectivity index (χ0) is 13.1. The number of piperidine rings is 1. The molecule has 0 amide bonds. The standard InChI is InChI=1S/C15H25N3/c1-12(13-4-6-14(16)7-5-13)18-10-8-15(9-11-18)17(2)3/h4-7,12,15H,8-11,16H2,1-3H3. The van der Waals surface area contributed by atoms with Crippen molar-refractivity contribution in [3.05, 3.63) is 29.8 Å². The maximum absolute atomic E-state index is 5.74. The smallest absolute Gasteiger partial charge is 0.0319 e. The lowest BCUT2D eigenvalue weighted by Crippen LogP contribution is -2.42. The normalized spacial score (nSPS) is 20.2. The van der Waals surface area contributed by atoms with Crippen LogP contribution in [0.3, 0.4) is 0 Å².